The fraction of sp³-hybridized carbons (Fsp3) is 0.684. The van der Waals surface area contributed by atoms with E-state index in [0.717, 1.165) is 6.54 Å². The van der Waals surface area contributed by atoms with Gasteiger partial charge in [-0.3, -0.25) is 0 Å². The highest BCUT2D eigenvalue weighted by molar-refractivity contribution is 5.29. The standard InChI is InChI=1S/C19H32N2/c1-19(2,3)17-11-9-16(10-12-17)18(20-4)15-21-13-7-5-6-8-14-21/h9-12,18,20H,5-8,13-15H2,1-4H3. The monoisotopic (exact) mass is 288 g/mol. The summed E-state index contributed by atoms with van der Waals surface area (Å²) < 4.78 is 0. The fourth-order valence-electron chi connectivity index (χ4n) is 3.16. The van der Waals surface area contributed by atoms with Crippen molar-refractivity contribution in [2.24, 2.45) is 0 Å². The molecule has 0 amide bonds. The van der Waals surface area contributed by atoms with Crippen LogP contribution >= 0.6 is 0 Å². The first kappa shape index (κ1) is 16.5. The zero-order valence-electron chi connectivity index (χ0n) is 14.3. The number of hydrogen-bond acceptors (Lipinski definition) is 2. The van der Waals surface area contributed by atoms with Crippen LogP contribution in [0.3, 0.4) is 0 Å². The van der Waals surface area contributed by atoms with Gasteiger partial charge in [-0.1, -0.05) is 57.9 Å². The molecule has 21 heavy (non-hydrogen) atoms. The minimum atomic E-state index is 0.235. The maximum absolute atomic E-state index is 3.50. The molecule has 1 aliphatic rings. The van der Waals surface area contributed by atoms with Gasteiger partial charge in [-0.15, -0.1) is 0 Å². The number of rotatable bonds is 4. The number of nitrogens with zero attached hydrogens (tertiary/aromatic N) is 1. The smallest absolute Gasteiger partial charge is 0.0446 e. The summed E-state index contributed by atoms with van der Waals surface area (Å²) in [5.74, 6) is 0. The molecular formula is C19H32N2. The van der Waals surface area contributed by atoms with Crippen molar-refractivity contribution in [1.82, 2.24) is 10.2 Å². The van der Waals surface area contributed by atoms with Crippen LogP contribution in [0, 0.1) is 0 Å². The predicted molar refractivity (Wildman–Crippen MR) is 91.9 cm³/mol. The molecular weight excluding hydrogens is 256 g/mol. The molecule has 1 N–H and O–H groups in total. The average Bonchev–Trinajstić information content (AvgIpc) is 2.72. The molecule has 2 nitrogen and oxygen atoms in total. The molecule has 1 atom stereocenters. The van der Waals surface area contributed by atoms with Crippen LogP contribution in [0.25, 0.3) is 0 Å². The molecule has 0 aliphatic carbocycles. The molecule has 1 aromatic rings. The van der Waals surface area contributed by atoms with E-state index in [-0.39, 0.29) is 5.41 Å². The van der Waals surface area contributed by atoms with Crippen molar-refractivity contribution in [3.05, 3.63) is 35.4 Å². The number of likely N-dealkylation sites (tertiary alicyclic amines) is 1. The topological polar surface area (TPSA) is 15.3 Å². The molecule has 2 rings (SSSR count). The van der Waals surface area contributed by atoms with Crippen LogP contribution in [0.4, 0.5) is 0 Å². The lowest BCUT2D eigenvalue weighted by atomic mass is 9.86. The summed E-state index contributed by atoms with van der Waals surface area (Å²) >= 11 is 0. The zero-order valence-corrected chi connectivity index (χ0v) is 14.3. The highest BCUT2D eigenvalue weighted by atomic mass is 15.1. The van der Waals surface area contributed by atoms with Gasteiger partial charge in [0.05, 0.1) is 0 Å². The Morgan fingerprint density at radius 1 is 1.00 bits per heavy atom. The second kappa shape index (κ2) is 7.42. The van der Waals surface area contributed by atoms with Crippen LogP contribution in [0.1, 0.15) is 63.6 Å². The molecule has 1 unspecified atom stereocenters. The third kappa shape index (κ3) is 4.82. The molecule has 0 aromatic heterocycles. The number of likely N-dealkylation sites (N-methyl/N-ethyl adjacent to an activating group) is 1. The normalized spacial score (nSPS) is 19.2. The van der Waals surface area contributed by atoms with Gasteiger partial charge in [0.15, 0.2) is 0 Å². The van der Waals surface area contributed by atoms with Crippen molar-refractivity contribution in [2.45, 2.75) is 57.9 Å². The van der Waals surface area contributed by atoms with E-state index in [1.807, 2.05) is 0 Å². The SMILES string of the molecule is CNC(CN1CCCCCC1)c1ccc(C(C)(C)C)cc1. The van der Waals surface area contributed by atoms with E-state index in [4.69, 9.17) is 0 Å². The Bertz CT molecular complexity index is 408. The van der Waals surface area contributed by atoms with E-state index in [2.05, 4.69) is 62.3 Å². The summed E-state index contributed by atoms with van der Waals surface area (Å²) in [5, 5.41) is 3.50. The van der Waals surface area contributed by atoms with Crippen molar-refractivity contribution in [3.8, 4) is 0 Å². The Kier molecular flexibility index (Phi) is 5.83. The molecule has 1 heterocycles. The molecule has 1 saturated heterocycles. The summed E-state index contributed by atoms with van der Waals surface area (Å²) in [4.78, 5) is 2.63. The Balaban J connectivity index is 2.03. The number of hydrogen-bond donors (Lipinski definition) is 1. The quantitative estimate of drug-likeness (QED) is 0.896. The van der Waals surface area contributed by atoms with Crippen LogP contribution in [-0.2, 0) is 5.41 Å². The van der Waals surface area contributed by atoms with E-state index in [1.54, 1.807) is 0 Å². The van der Waals surface area contributed by atoms with E-state index in [9.17, 15) is 0 Å². The first-order valence-corrected chi connectivity index (χ1v) is 8.51. The molecule has 0 radical (unpaired) electrons. The molecule has 0 spiro atoms. The Labute approximate surface area is 130 Å². The molecule has 2 heteroatoms. The van der Waals surface area contributed by atoms with E-state index in [1.165, 1.54) is 49.9 Å². The summed E-state index contributed by atoms with van der Waals surface area (Å²) in [6.07, 6.45) is 5.53. The Hall–Kier alpha value is -0.860. The van der Waals surface area contributed by atoms with Gasteiger partial charge in [0.2, 0.25) is 0 Å². The van der Waals surface area contributed by atoms with Gasteiger partial charge in [0.25, 0.3) is 0 Å². The first-order chi connectivity index (χ1) is 10.0. The largest absolute Gasteiger partial charge is 0.312 e. The summed E-state index contributed by atoms with van der Waals surface area (Å²) in [6, 6.07) is 9.64. The van der Waals surface area contributed by atoms with Crippen LogP contribution in [0.2, 0.25) is 0 Å². The molecule has 0 bridgehead atoms. The number of benzene rings is 1. The highest BCUT2D eigenvalue weighted by Gasteiger charge is 2.18. The van der Waals surface area contributed by atoms with E-state index in [0.29, 0.717) is 6.04 Å². The lowest BCUT2D eigenvalue weighted by Gasteiger charge is -2.27. The van der Waals surface area contributed by atoms with Gasteiger partial charge in [-0.2, -0.15) is 0 Å². The van der Waals surface area contributed by atoms with Gasteiger partial charge >= 0.3 is 0 Å². The van der Waals surface area contributed by atoms with Gasteiger partial charge in [-0.05, 0) is 49.5 Å². The van der Waals surface area contributed by atoms with E-state index < -0.39 is 0 Å². The van der Waals surface area contributed by atoms with Crippen LogP contribution in [0.15, 0.2) is 24.3 Å². The minimum absolute atomic E-state index is 0.235. The lowest BCUT2D eigenvalue weighted by Crippen LogP contribution is -2.34. The molecule has 118 valence electrons. The number of nitrogens with one attached hydrogen (secondary N) is 1. The van der Waals surface area contributed by atoms with Crippen molar-refractivity contribution in [3.63, 3.8) is 0 Å². The van der Waals surface area contributed by atoms with Crippen molar-refractivity contribution in [1.29, 1.82) is 0 Å². The van der Waals surface area contributed by atoms with Crippen LogP contribution in [0.5, 0.6) is 0 Å². The molecule has 0 saturated carbocycles. The molecule has 1 aliphatic heterocycles. The fourth-order valence-corrected chi connectivity index (χ4v) is 3.16. The maximum Gasteiger partial charge on any atom is 0.0446 e. The second-order valence-electron chi connectivity index (χ2n) is 7.43. The third-order valence-electron chi connectivity index (χ3n) is 4.67. The Morgan fingerprint density at radius 2 is 1.57 bits per heavy atom. The van der Waals surface area contributed by atoms with Gasteiger partial charge < -0.3 is 10.2 Å². The maximum atomic E-state index is 3.50. The second-order valence-corrected chi connectivity index (χ2v) is 7.43. The van der Waals surface area contributed by atoms with Gasteiger partial charge in [0, 0.05) is 12.6 Å². The first-order valence-electron chi connectivity index (χ1n) is 8.51. The van der Waals surface area contributed by atoms with Gasteiger partial charge in [-0.25, -0.2) is 0 Å². The summed E-state index contributed by atoms with van der Waals surface area (Å²) in [5.41, 5.74) is 3.06. The van der Waals surface area contributed by atoms with Crippen molar-refractivity contribution < 1.29 is 0 Å². The van der Waals surface area contributed by atoms with Crippen LogP contribution < -0.4 is 5.32 Å². The lowest BCUT2D eigenvalue weighted by molar-refractivity contribution is 0.255. The zero-order chi connectivity index (χ0) is 15.3. The summed E-state index contributed by atoms with van der Waals surface area (Å²) in [6.45, 7) is 10.5. The third-order valence-corrected chi connectivity index (χ3v) is 4.67. The van der Waals surface area contributed by atoms with Crippen LogP contribution in [-0.4, -0.2) is 31.6 Å². The van der Waals surface area contributed by atoms with Crippen molar-refractivity contribution >= 4 is 0 Å². The molecule has 1 fully saturated rings. The van der Waals surface area contributed by atoms with Gasteiger partial charge in [0.1, 0.15) is 0 Å². The van der Waals surface area contributed by atoms with E-state index >= 15 is 0 Å². The predicted octanol–water partition coefficient (Wildman–Crippen LogP) is 4.12. The average molecular weight is 288 g/mol. The molecule has 1 aromatic carbocycles. The Morgan fingerprint density at radius 3 is 2.05 bits per heavy atom. The summed E-state index contributed by atoms with van der Waals surface area (Å²) in [7, 11) is 2.08. The highest BCUT2D eigenvalue weighted by Crippen LogP contribution is 2.24. The minimum Gasteiger partial charge on any atom is -0.312 e. The van der Waals surface area contributed by atoms with Crippen molar-refractivity contribution in [2.75, 3.05) is 26.7 Å².